The molecule has 0 radical (unpaired) electrons. The zero-order valence-electron chi connectivity index (χ0n) is 10.8. The molecule has 0 unspecified atom stereocenters. The maximum atomic E-state index is 11.9. The number of rotatable bonds is 5. The molecule has 1 N–H and O–H groups in total. The van der Waals surface area contributed by atoms with Gasteiger partial charge in [0.1, 0.15) is 0 Å². The molecule has 0 aliphatic heterocycles. The van der Waals surface area contributed by atoms with E-state index in [1.807, 2.05) is 37.3 Å². The first kappa shape index (κ1) is 15.9. The first-order valence-electron chi connectivity index (χ1n) is 5.92. The van der Waals surface area contributed by atoms with Crippen LogP contribution in [0.3, 0.4) is 0 Å². The zero-order chi connectivity index (χ0) is 14.5. The maximum absolute atomic E-state index is 11.9. The molecule has 1 heterocycles. The maximum Gasteiger partial charge on any atom is 0.234 e. The van der Waals surface area contributed by atoms with Crippen molar-refractivity contribution in [2.75, 3.05) is 11.1 Å². The van der Waals surface area contributed by atoms with Gasteiger partial charge in [0.2, 0.25) is 5.91 Å². The number of amides is 1. The molecule has 20 heavy (non-hydrogen) atoms. The molecule has 0 saturated heterocycles. The predicted octanol–water partition coefficient (Wildman–Crippen LogP) is 5.34. The summed E-state index contributed by atoms with van der Waals surface area (Å²) in [5.41, 5.74) is 1.96. The lowest BCUT2D eigenvalue weighted by molar-refractivity contribution is -0.113. The Labute approximate surface area is 140 Å². The molecule has 1 aromatic heterocycles. The molecule has 2 rings (SSSR count). The number of thiophene rings is 1. The number of hydrogen-bond acceptors (Lipinski definition) is 3. The quantitative estimate of drug-likeness (QED) is 0.746. The highest BCUT2D eigenvalue weighted by Gasteiger charge is 2.06. The van der Waals surface area contributed by atoms with Gasteiger partial charge in [0.05, 0.1) is 15.8 Å². The second-order valence-electron chi connectivity index (χ2n) is 4.23. The minimum Gasteiger partial charge on any atom is -0.324 e. The fourth-order valence-corrected chi connectivity index (χ4v) is 4.20. The van der Waals surface area contributed by atoms with E-state index >= 15 is 0 Å². The summed E-state index contributed by atoms with van der Waals surface area (Å²) in [6.45, 7) is 2.01. The summed E-state index contributed by atoms with van der Waals surface area (Å²) in [4.78, 5) is 13.1. The number of halogens is 2. The summed E-state index contributed by atoms with van der Waals surface area (Å²) in [6, 6.07) is 9.73. The van der Waals surface area contributed by atoms with Crippen LogP contribution < -0.4 is 5.32 Å². The van der Waals surface area contributed by atoms with Crippen molar-refractivity contribution in [1.82, 2.24) is 0 Å². The van der Waals surface area contributed by atoms with Crippen LogP contribution in [0.5, 0.6) is 0 Å². The lowest BCUT2D eigenvalue weighted by atomic mass is 10.2. The molecule has 1 amide bonds. The monoisotopic (exact) mass is 389 g/mol. The minimum absolute atomic E-state index is 0.00204. The Morgan fingerprint density at radius 3 is 2.85 bits per heavy atom. The second-order valence-corrected chi connectivity index (χ2v) is 7.87. The van der Waals surface area contributed by atoms with Gasteiger partial charge in [-0.25, -0.2) is 0 Å². The number of nitrogens with one attached hydrogen (secondary N) is 1. The van der Waals surface area contributed by atoms with Crippen molar-refractivity contribution >= 4 is 62.2 Å². The molecule has 0 fully saturated rings. The molecule has 0 saturated carbocycles. The van der Waals surface area contributed by atoms with Gasteiger partial charge < -0.3 is 5.32 Å². The Morgan fingerprint density at radius 2 is 2.20 bits per heavy atom. The number of carbonyl (C=O) groups excluding carboxylic acids is 1. The van der Waals surface area contributed by atoms with Crippen LogP contribution in [0.15, 0.2) is 34.8 Å². The molecular formula is C14H13BrClNOS2. The van der Waals surface area contributed by atoms with Gasteiger partial charge in [-0.15, -0.1) is 23.1 Å². The van der Waals surface area contributed by atoms with Gasteiger partial charge in [-0.2, -0.15) is 0 Å². The van der Waals surface area contributed by atoms with Gasteiger partial charge in [0.15, 0.2) is 0 Å². The fraction of sp³-hybridized carbons (Fsp3) is 0.214. The molecule has 0 bridgehead atoms. The van der Waals surface area contributed by atoms with E-state index in [1.54, 1.807) is 23.1 Å². The summed E-state index contributed by atoms with van der Waals surface area (Å²) < 4.78 is 1.69. The average molecular weight is 391 g/mol. The number of aryl methyl sites for hydroxylation is 1. The van der Waals surface area contributed by atoms with Crippen molar-refractivity contribution in [3.8, 4) is 0 Å². The van der Waals surface area contributed by atoms with Crippen LogP contribution in [0, 0.1) is 6.92 Å². The van der Waals surface area contributed by atoms with Gasteiger partial charge in [-0.1, -0.05) is 17.7 Å². The molecule has 0 aliphatic rings. The largest absolute Gasteiger partial charge is 0.324 e. The minimum atomic E-state index is 0.00204. The van der Waals surface area contributed by atoms with E-state index in [1.165, 1.54) is 4.88 Å². The van der Waals surface area contributed by atoms with Crippen LogP contribution in [0.25, 0.3) is 0 Å². The highest BCUT2D eigenvalue weighted by Crippen LogP contribution is 2.26. The van der Waals surface area contributed by atoms with Crippen LogP contribution in [0.4, 0.5) is 5.69 Å². The van der Waals surface area contributed by atoms with Gasteiger partial charge in [0.25, 0.3) is 0 Å². The van der Waals surface area contributed by atoms with E-state index in [9.17, 15) is 4.79 Å². The van der Waals surface area contributed by atoms with Crippen LogP contribution in [-0.4, -0.2) is 11.7 Å². The normalized spacial score (nSPS) is 10.6. The Morgan fingerprint density at radius 1 is 1.40 bits per heavy atom. The summed E-state index contributed by atoms with van der Waals surface area (Å²) in [7, 11) is 0. The van der Waals surface area contributed by atoms with Crippen LogP contribution in [0.2, 0.25) is 4.34 Å². The van der Waals surface area contributed by atoms with Crippen molar-refractivity contribution in [2.45, 2.75) is 12.7 Å². The highest BCUT2D eigenvalue weighted by atomic mass is 79.9. The lowest BCUT2D eigenvalue weighted by Gasteiger charge is -2.07. The number of benzene rings is 1. The molecule has 2 nitrogen and oxygen atoms in total. The summed E-state index contributed by atoms with van der Waals surface area (Å²) in [5, 5.41) is 2.90. The molecular weight excluding hydrogens is 378 g/mol. The van der Waals surface area contributed by atoms with Crippen LogP contribution in [0.1, 0.15) is 10.4 Å². The Balaban J connectivity index is 1.80. The number of carbonyl (C=O) groups is 1. The smallest absolute Gasteiger partial charge is 0.234 e. The number of hydrogen-bond donors (Lipinski definition) is 1. The third-order valence-electron chi connectivity index (χ3n) is 2.51. The third-order valence-corrected chi connectivity index (χ3v) is 5.56. The average Bonchev–Trinajstić information content (AvgIpc) is 2.79. The van der Waals surface area contributed by atoms with Gasteiger partial charge in [-0.3, -0.25) is 4.79 Å². The van der Waals surface area contributed by atoms with E-state index in [0.717, 1.165) is 25.8 Å². The van der Waals surface area contributed by atoms with Crippen molar-refractivity contribution in [3.63, 3.8) is 0 Å². The SMILES string of the molecule is Cc1ccc(NC(=O)CSCc2ccc(Cl)s2)c(Br)c1. The summed E-state index contributed by atoms with van der Waals surface area (Å²) >= 11 is 12.4. The molecule has 6 heteroatoms. The first-order chi connectivity index (χ1) is 9.54. The number of anilines is 1. The topological polar surface area (TPSA) is 29.1 Å². The van der Waals surface area contributed by atoms with E-state index in [0.29, 0.717) is 5.75 Å². The second kappa shape index (κ2) is 7.50. The summed E-state index contributed by atoms with van der Waals surface area (Å²) in [6.07, 6.45) is 0. The standard InChI is InChI=1S/C14H13BrClNOS2/c1-9-2-4-12(11(15)6-9)17-14(18)8-19-7-10-3-5-13(16)20-10/h2-6H,7-8H2,1H3,(H,17,18). The van der Waals surface area contributed by atoms with Crippen LogP contribution in [-0.2, 0) is 10.5 Å². The Hall–Kier alpha value is -0.490. The van der Waals surface area contributed by atoms with E-state index < -0.39 is 0 Å². The van der Waals surface area contributed by atoms with Crippen molar-refractivity contribution in [2.24, 2.45) is 0 Å². The van der Waals surface area contributed by atoms with Crippen molar-refractivity contribution in [3.05, 3.63) is 49.6 Å². The van der Waals surface area contributed by atoms with E-state index in [-0.39, 0.29) is 5.91 Å². The fourth-order valence-electron chi connectivity index (χ4n) is 1.58. The Kier molecular flexibility index (Phi) is 5.96. The lowest BCUT2D eigenvalue weighted by Crippen LogP contribution is -2.14. The van der Waals surface area contributed by atoms with Crippen molar-refractivity contribution in [1.29, 1.82) is 0 Å². The molecule has 1 aromatic carbocycles. The van der Waals surface area contributed by atoms with Crippen LogP contribution >= 0.6 is 50.6 Å². The number of thioether (sulfide) groups is 1. The Bertz CT molecular complexity index is 615. The third kappa shape index (κ3) is 4.81. The molecule has 0 atom stereocenters. The molecule has 0 aliphatic carbocycles. The van der Waals surface area contributed by atoms with E-state index in [4.69, 9.17) is 11.6 Å². The van der Waals surface area contributed by atoms with Gasteiger partial charge in [0, 0.05) is 15.1 Å². The highest BCUT2D eigenvalue weighted by molar-refractivity contribution is 9.10. The zero-order valence-corrected chi connectivity index (χ0v) is 14.8. The molecule has 106 valence electrons. The van der Waals surface area contributed by atoms with Crippen molar-refractivity contribution < 1.29 is 4.79 Å². The summed E-state index contributed by atoms with van der Waals surface area (Å²) in [5.74, 6) is 1.23. The van der Waals surface area contributed by atoms with Gasteiger partial charge >= 0.3 is 0 Å². The first-order valence-corrected chi connectivity index (χ1v) is 9.07. The predicted molar refractivity (Wildman–Crippen MR) is 93.0 cm³/mol. The molecule has 2 aromatic rings. The molecule has 0 spiro atoms. The van der Waals surface area contributed by atoms with E-state index in [2.05, 4.69) is 21.2 Å². The van der Waals surface area contributed by atoms with Gasteiger partial charge in [-0.05, 0) is 52.7 Å².